The molecule has 0 spiro atoms. The Morgan fingerprint density at radius 3 is 1.75 bits per heavy atom. The van der Waals surface area contributed by atoms with Gasteiger partial charge in [0.25, 0.3) is 0 Å². The van der Waals surface area contributed by atoms with Gasteiger partial charge in [-0.15, -0.1) is 0 Å². The van der Waals surface area contributed by atoms with Gasteiger partial charge < -0.3 is 45.3 Å². The molecule has 0 aromatic rings. The molecule has 1 rings (SSSR count). The smallest absolute Gasteiger partial charge is 0.402 e. The predicted octanol–water partition coefficient (Wildman–Crippen LogP) is -5.27. The minimum absolute atomic E-state index is 0.527. The van der Waals surface area contributed by atoms with Crippen LogP contribution in [0.3, 0.4) is 0 Å². The Hall–Kier alpha value is -0.295. The normalized spacial score (nSPS) is 37.9. The molecule has 1 aliphatic heterocycles. The van der Waals surface area contributed by atoms with Crippen LogP contribution in [-0.2, 0) is 4.74 Å². The highest BCUT2D eigenvalue weighted by Gasteiger charge is 2.52. The second kappa shape index (κ2) is 6.44. The number of aliphatic hydroxyl groups is 5. The lowest BCUT2D eigenvalue weighted by atomic mass is 10.1. The number of hydrogen-bond donors (Lipinski definition) is 8. The molecule has 0 aromatic carbocycles. The van der Waals surface area contributed by atoms with Gasteiger partial charge >= 0.3 is 7.32 Å². The summed E-state index contributed by atoms with van der Waals surface area (Å²) in [6.07, 6.45) is -4.04. The molecule has 0 radical (unpaired) electrons. The van der Waals surface area contributed by atoms with Gasteiger partial charge in [-0.2, -0.15) is 0 Å². The molecule has 0 bridgehead atoms. The van der Waals surface area contributed by atoms with Crippen molar-refractivity contribution in [1.82, 2.24) is 0 Å². The first-order valence-electron chi connectivity index (χ1n) is 4.30. The number of rotatable bonds is 2. The molecule has 9 nitrogen and oxygen atoms in total. The molecule has 1 aliphatic rings. The summed E-state index contributed by atoms with van der Waals surface area (Å²) in [5.74, 6) is -2.16. The van der Waals surface area contributed by atoms with Crippen molar-refractivity contribution < 1.29 is 45.3 Å². The topological polar surface area (TPSA) is 171 Å². The summed E-state index contributed by atoms with van der Waals surface area (Å²) >= 11 is 0. The third-order valence-corrected chi connectivity index (χ3v) is 1.93. The van der Waals surface area contributed by atoms with Gasteiger partial charge in [0, 0.05) is 0 Å². The van der Waals surface area contributed by atoms with Gasteiger partial charge in [0.15, 0.2) is 0 Å². The largest absolute Gasteiger partial charge is 0.631 e. The highest BCUT2D eigenvalue weighted by molar-refractivity contribution is 6.30. The van der Waals surface area contributed by atoms with E-state index in [1.54, 1.807) is 0 Å². The van der Waals surface area contributed by atoms with Gasteiger partial charge in [0.1, 0.15) is 18.3 Å². The monoisotopic (exact) mass is 242 g/mol. The lowest BCUT2D eigenvalue weighted by Crippen LogP contribution is -2.46. The molecule has 16 heavy (non-hydrogen) atoms. The van der Waals surface area contributed by atoms with E-state index in [2.05, 4.69) is 4.74 Å². The van der Waals surface area contributed by atoms with E-state index in [0.717, 1.165) is 0 Å². The van der Waals surface area contributed by atoms with Crippen molar-refractivity contribution in [3.05, 3.63) is 0 Å². The third kappa shape index (κ3) is 3.94. The fourth-order valence-corrected chi connectivity index (χ4v) is 1.15. The Morgan fingerprint density at radius 1 is 1.12 bits per heavy atom. The number of aliphatic hydroxyl groups excluding tert-OH is 4. The van der Waals surface area contributed by atoms with Crippen LogP contribution in [0, 0.1) is 0 Å². The number of hydrogen-bond acceptors (Lipinski definition) is 9. The van der Waals surface area contributed by atoms with Crippen molar-refractivity contribution in [2.24, 2.45) is 0 Å². The van der Waals surface area contributed by atoms with E-state index >= 15 is 0 Å². The van der Waals surface area contributed by atoms with E-state index in [1.807, 2.05) is 0 Å². The zero-order chi connectivity index (χ0) is 12.9. The van der Waals surface area contributed by atoms with Crippen LogP contribution in [0.4, 0.5) is 0 Å². The van der Waals surface area contributed by atoms with E-state index in [4.69, 9.17) is 35.5 Å². The molecule has 1 saturated heterocycles. The van der Waals surface area contributed by atoms with Gasteiger partial charge in [-0.1, -0.05) is 0 Å². The average molecular weight is 242 g/mol. The molecule has 0 aromatic heterocycles. The van der Waals surface area contributed by atoms with Gasteiger partial charge in [-0.05, 0) is 0 Å². The lowest BCUT2D eigenvalue weighted by molar-refractivity contribution is -0.248. The maximum atomic E-state index is 9.25. The quantitative estimate of drug-likeness (QED) is 0.220. The van der Waals surface area contributed by atoms with Crippen LogP contribution in [0.25, 0.3) is 0 Å². The summed E-state index contributed by atoms with van der Waals surface area (Å²) in [6.45, 7) is -1.36. The maximum absolute atomic E-state index is 9.25. The maximum Gasteiger partial charge on any atom is 0.631 e. The molecule has 8 N–H and O–H groups in total. The van der Waals surface area contributed by atoms with Crippen LogP contribution in [0.5, 0.6) is 0 Å². The van der Waals surface area contributed by atoms with E-state index < -0.39 is 44.6 Å². The Kier molecular flexibility index (Phi) is 6.32. The molecule has 4 atom stereocenters. The lowest BCUT2D eigenvalue weighted by Gasteiger charge is -2.22. The third-order valence-electron chi connectivity index (χ3n) is 1.93. The van der Waals surface area contributed by atoms with Crippen molar-refractivity contribution in [3.8, 4) is 0 Å². The predicted molar refractivity (Wildman–Crippen MR) is 48.4 cm³/mol. The Balaban J connectivity index is 0.000000487. The van der Waals surface area contributed by atoms with E-state index in [-0.39, 0.29) is 0 Å². The minimum atomic E-state index is -2.17. The highest BCUT2D eigenvalue weighted by Crippen LogP contribution is 2.28. The van der Waals surface area contributed by atoms with Crippen molar-refractivity contribution in [2.75, 3.05) is 13.2 Å². The van der Waals surface area contributed by atoms with Gasteiger partial charge in [-0.25, -0.2) is 0 Å². The highest BCUT2D eigenvalue weighted by atomic mass is 16.7. The fraction of sp³-hybridized carbons (Fsp3) is 1.00. The summed E-state index contributed by atoms with van der Waals surface area (Å²) in [4.78, 5) is 0. The molecular weight excluding hydrogens is 227 g/mol. The zero-order valence-electron chi connectivity index (χ0n) is 8.21. The summed E-state index contributed by atoms with van der Waals surface area (Å²) in [5.41, 5.74) is 0. The van der Waals surface area contributed by atoms with Crippen LogP contribution in [0.15, 0.2) is 0 Å². The van der Waals surface area contributed by atoms with Crippen LogP contribution < -0.4 is 0 Å². The summed E-state index contributed by atoms with van der Waals surface area (Å²) < 4.78 is 4.63. The molecule has 96 valence electrons. The van der Waals surface area contributed by atoms with Gasteiger partial charge in [0.05, 0.1) is 13.2 Å². The molecule has 10 heteroatoms. The van der Waals surface area contributed by atoms with Crippen LogP contribution in [0.2, 0.25) is 0 Å². The zero-order valence-corrected chi connectivity index (χ0v) is 8.21. The second-order valence-electron chi connectivity index (χ2n) is 3.12. The number of ether oxygens (including phenoxy) is 1. The molecule has 0 unspecified atom stereocenters. The van der Waals surface area contributed by atoms with Crippen molar-refractivity contribution >= 4 is 7.32 Å². The Morgan fingerprint density at radius 2 is 1.56 bits per heavy atom. The van der Waals surface area contributed by atoms with Crippen LogP contribution in [-0.4, -0.2) is 85.2 Å². The van der Waals surface area contributed by atoms with E-state index in [9.17, 15) is 5.11 Å². The first-order valence-corrected chi connectivity index (χ1v) is 4.30. The molecule has 0 aliphatic carbocycles. The molecular formula is C6H15BO9. The van der Waals surface area contributed by atoms with Gasteiger partial charge in [-0.3, -0.25) is 0 Å². The fourth-order valence-electron chi connectivity index (χ4n) is 1.15. The average Bonchev–Trinajstić information content (AvgIpc) is 2.43. The van der Waals surface area contributed by atoms with Crippen LogP contribution >= 0.6 is 0 Å². The summed E-state index contributed by atoms with van der Waals surface area (Å²) in [7, 11) is -2.17. The molecule has 0 saturated carbocycles. The summed E-state index contributed by atoms with van der Waals surface area (Å²) in [5, 5.41) is 66.2. The first kappa shape index (κ1) is 15.7. The Bertz CT molecular complexity index is 200. The first-order chi connectivity index (χ1) is 7.28. The SMILES string of the molecule is OB(O)O.OC[C@H]1O[C@@](O)(CO)[C@@H](O)[C@@H]1O. The molecule has 0 amide bonds. The minimum Gasteiger partial charge on any atom is -0.402 e. The van der Waals surface area contributed by atoms with Crippen molar-refractivity contribution in [3.63, 3.8) is 0 Å². The van der Waals surface area contributed by atoms with Crippen molar-refractivity contribution in [1.29, 1.82) is 0 Å². The second-order valence-corrected chi connectivity index (χ2v) is 3.12. The summed E-state index contributed by atoms with van der Waals surface area (Å²) in [6, 6.07) is 0. The van der Waals surface area contributed by atoms with E-state index in [1.165, 1.54) is 0 Å². The van der Waals surface area contributed by atoms with Crippen LogP contribution in [0.1, 0.15) is 0 Å². The van der Waals surface area contributed by atoms with Crippen molar-refractivity contribution in [2.45, 2.75) is 24.1 Å². The van der Waals surface area contributed by atoms with Gasteiger partial charge in [0.2, 0.25) is 5.79 Å². The standard InChI is InChI=1S/C6H12O6.BH3O3/c7-1-3-4(9)5(10)6(11,2-8)12-3;2-1(3)4/h3-5,7-11H,1-2H2;2-4H/t3-,4-,5+,6+;/m1./s1. The van der Waals surface area contributed by atoms with E-state index in [0.29, 0.717) is 0 Å². The molecule has 1 heterocycles. The molecule has 1 fully saturated rings. The Labute approximate surface area is 91.0 Å².